The van der Waals surface area contributed by atoms with Crippen molar-refractivity contribution in [3.05, 3.63) is 22.7 Å². The molecule has 0 aliphatic rings. The Morgan fingerprint density at radius 1 is 1.11 bits per heavy atom. The van der Waals surface area contributed by atoms with E-state index in [9.17, 15) is 5.11 Å². The molecule has 1 aromatic carbocycles. The van der Waals surface area contributed by atoms with Crippen LogP contribution in [0, 0.1) is 5.92 Å². The molecule has 4 heteroatoms. The average molecular weight is 273 g/mol. The summed E-state index contributed by atoms with van der Waals surface area (Å²) in [6.07, 6.45) is 1.23. The number of hydrogen-bond acceptors (Lipinski definition) is 3. The normalized spacial score (nSPS) is 12.6. The van der Waals surface area contributed by atoms with E-state index >= 15 is 0 Å². The summed E-state index contributed by atoms with van der Waals surface area (Å²) >= 11 is 6.19. The topological polar surface area (TPSA) is 38.7 Å². The number of benzene rings is 1. The number of aliphatic hydroxyl groups excluding tert-OH is 1. The molecule has 1 unspecified atom stereocenters. The van der Waals surface area contributed by atoms with E-state index in [1.54, 1.807) is 26.4 Å². The van der Waals surface area contributed by atoms with Crippen LogP contribution in [-0.2, 0) is 0 Å². The molecule has 0 aliphatic carbocycles. The lowest BCUT2D eigenvalue weighted by atomic mass is 9.91. The zero-order chi connectivity index (χ0) is 13.7. The molecule has 1 aromatic rings. The van der Waals surface area contributed by atoms with Gasteiger partial charge in [0.05, 0.1) is 25.3 Å². The fraction of sp³-hybridized carbons (Fsp3) is 0.571. The van der Waals surface area contributed by atoms with Crippen LogP contribution in [0.15, 0.2) is 12.1 Å². The van der Waals surface area contributed by atoms with Gasteiger partial charge < -0.3 is 14.6 Å². The third kappa shape index (κ3) is 3.09. The molecule has 0 saturated heterocycles. The average Bonchev–Trinajstić information content (AvgIpc) is 2.39. The molecule has 1 N–H and O–H groups in total. The Labute approximate surface area is 114 Å². The van der Waals surface area contributed by atoms with Crippen molar-refractivity contribution in [2.75, 3.05) is 14.2 Å². The van der Waals surface area contributed by atoms with Crippen LogP contribution in [0.2, 0.25) is 5.02 Å². The summed E-state index contributed by atoms with van der Waals surface area (Å²) in [6, 6.07) is 3.44. The largest absolute Gasteiger partial charge is 0.493 e. The van der Waals surface area contributed by atoms with Gasteiger partial charge in [-0.05, 0) is 12.0 Å². The lowest BCUT2D eigenvalue weighted by Gasteiger charge is -2.22. The molecule has 0 aliphatic heterocycles. The van der Waals surface area contributed by atoms with Gasteiger partial charge in [0.15, 0.2) is 11.5 Å². The Morgan fingerprint density at radius 2 is 1.61 bits per heavy atom. The number of aliphatic hydroxyl groups is 1. The van der Waals surface area contributed by atoms with Crippen molar-refractivity contribution in [2.45, 2.75) is 32.8 Å². The van der Waals surface area contributed by atoms with E-state index in [0.717, 1.165) is 12.8 Å². The molecule has 0 amide bonds. The molecular formula is C14H21ClO3. The predicted molar refractivity (Wildman–Crippen MR) is 73.6 cm³/mol. The summed E-state index contributed by atoms with van der Waals surface area (Å²) in [5.41, 5.74) is 0.697. The van der Waals surface area contributed by atoms with Crippen LogP contribution < -0.4 is 9.47 Å². The molecule has 0 heterocycles. The van der Waals surface area contributed by atoms with E-state index in [1.165, 1.54) is 0 Å². The minimum absolute atomic E-state index is 0.195. The summed E-state index contributed by atoms with van der Waals surface area (Å²) < 4.78 is 10.4. The molecule has 0 fully saturated rings. The van der Waals surface area contributed by atoms with Crippen LogP contribution >= 0.6 is 11.6 Å². The Bertz CT molecular complexity index is 389. The molecule has 102 valence electrons. The maximum Gasteiger partial charge on any atom is 0.162 e. The van der Waals surface area contributed by atoms with Crippen LogP contribution in [0.4, 0.5) is 0 Å². The Balaban J connectivity index is 3.16. The first kappa shape index (κ1) is 15.1. The van der Waals surface area contributed by atoms with Gasteiger partial charge in [-0.2, -0.15) is 0 Å². The van der Waals surface area contributed by atoms with Gasteiger partial charge in [-0.25, -0.2) is 0 Å². The molecule has 0 spiro atoms. The van der Waals surface area contributed by atoms with E-state index < -0.39 is 6.10 Å². The van der Waals surface area contributed by atoms with Crippen LogP contribution in [0.25, 0.3) is 0 Å². The fourth-order valence-electron chi connectivity index (χ4n) is 2.09. The maximum absolute atomic E-state index is 10.4. The summed E-state index contributed by atoms with van der Waals surface area (Å²) in [5.74, 6) is 1.35. The second-order valence-corrected chi connectivity index (χ2v) is 4.66. The smallest absolute Gasteiger partial charge is 0.162 e. The maximum atomic E-state index is 10.4. The highest BCUT2D eigenvalue weighted by Gasteiger charge is 2.22. The quantitative estimate of drug-likeness (QED) is 0.855. The monoisotopic (exact) mass is 272 g/mol. The molecular weight excluding hydrogens is 252 g/mol. The highest BCUT2D eigenvalue weighted by molar-refractivity contribution is 6.31. The summed E-state index contributed by atoms with van der Waals surface area (Å²) in [5, 5.41) is 10.9. The SMILES string of the molecule is CCC(CC)C(O)c1cc(OC)c(OC)cc1Cl. The number of halogens is 1. The standard InChI is InChI=1S/C14H21ClO3/c1-5-9(6-2)14(16)10-7-12(17-3)13(18-4)8-11(10)15/h7-9,14,16H,5-6H2,1-4H3. The highest BCUT2D eigenvalue weighted by Crippen LogP contribution is 2.39. The van der Waals surface area contributed by atoms with E-state index in [0.29, 0.717) is 22.1 Å². The van der Waals surface area contributed by atoms with Crippen LogP contribution in [-0.4, -0.2) is 19.3 Å². The number of hydrogen-bond donors (Lipinski definition) is 1. The third-order valence-electron chi connectivity index (χ3n) is 3.32. The van der Waals surface area contributed by atoms with E-state index in [-0.39, 0.29) is 5.92 Å². The van der Waals surface area contributed by atoms with Gasteiger partial charge >= 0.3 is 0 Å². The number of methoxy groups -OCH3 is 2. The van der Waals surface area contributed by atoms with Gasteiger partial charge in [-0.15, -0.1) is 0 Å². The molecule has 1 atom stereocenters. The lowest BCUT2D eigenvalue weighted by Crippen LogP contribution is -2.11. The van der Waals surface area contributed by atoms with Crippen molar-refractivity contribution in [3.8, 4) is 11.5 Å². The number of ether oxygens (including phenoxy) is 2. The van der Waals surface area contributed by atoms with Gasteiger partial charge in [-0.3, -0.25) is 0 Å². The van der Waals surface area contributed by atoms with Crippen molar-refractivity contribution in [2.24, 2.45) is 5.92 Å². The first-order valence-corrected chi connectivity index (χ1v) is 6.56. The minimum Gasteiger partial charge on any atom is -0.493 e. The molecule has 0 saturated carbocycles. The molecule has 0 radical (unpaired) electrons. The molecule has 0 aromatic heterocycles. The van der Waals surface area contributed by atoms with E-state index in [4.69, 9.17) is 21.1 Å². The fourth-order valence-corrected chi connectivity index (χ4v) is 2.35. The van der Waals surface area contributed by atoms with Crippen LogP contribution in [0.3, 0.4) is 0 Å². The summed E-state index contributed by atoms with van der Waals surface area (Å²) in [6.45, 7) is 4.12. The van der Waals surface area contributed by atoms with Crippen molar-refractivity contribution >= 4 is 11.6 Å². The lowest BCUT2D eigenvalue weighted by molar-refractivity contribution is 0.103. The van der Waals surface area contributed by atoms with Gasteiger partial charge in [0, 0.05) is 11.6 Å². The van der Waals surface area contributed by atoms with Gasteiger partial charge in [0.2, 0.25) is 0 Å². The Kier molecular flexibility index (Phi) is 5.76. The predicted octanol–water partition coefficient (Wildman–Crippen LogP) is 3.83. The van der Waals surface area contributed by atoms with E-state index in [1.807, 2.05) is 0 Å². The first-order chi connectivity index (χ1) is 8.58. The third-order valence-corrected chi connectivity index (χ3v) is 3.64. The zero-order valence-electron chi connectivity index (χ0n) is 11.4. The van der Waals surface area contributed by atoms with Gasteiger partial charge in [0.25, 0.3) is 0 Å². The van der Waals surface area contributed by atoms with Crippen molar-refractivity contribution < 1.29 is 14.6 Å². The first-order valence-electron chi connectivity index (χ1n) is 6.18. The molecule has 0 bridgehead atoms. The van der Waals surface area contributed by atoms with Crippen molar-refractivity contribution in [3.63, 3.8) is 0 Å². The Hall–Kier alpha value is -0.930. The van der Waals surface area contributed by atoms with Crippen molar-refractivity contribution in [1.29, 1.82) is 0 Å². The molecule has 1 rings (SSSR count). The second-order valence-electron chi connectivity index (χ2n) is 4.25. The molecule has 18 heavy (non-hydrogen) atoms. The van der Waals surface area contributed by atoms with Crippen LogP contribution in [0.1, 0.15) is 38.4 Å². The minimum atomic E-state index is -0.577. The van der Waals surface area contributed by atoms with Gasteiger partial charge in [-0.1, -0.05) is 38.3 Å². The second kappa shape index (κ2) is 6.86. The molecule has 3 nitrogen and oxygen atoms in total. The van der Waals surface area contributed by atoms with Crippen LogP contribution in [0.5, 0.6) is 11.5 Å². The van der Waals surface area contributed by atoms with Crippen molar-refractivity contribution in [1.82, 2.24) is 0 Å². The highest BCUT2D eigenvalue weighted by atomic mass is 35.5. The van der Waals surface area contributed by atoms with E-state index in [2.05, 4.69) is 13.8 Å². The summed E-state index contributed by atoms with van der Waals surface area (Å²) in [7, 11) is 3.13. The Morgan fingerprint density at radius 3 is 2.06 bits per heavy atom. The number of rotatable bonds is 6. The van der Waals surface area contributed by atoms with Gasteiger partial charge in [0.1, 0.15) is 0 Å². The zero-order valence-corrected chi connectivity index (χ0v) is 12.1. The summed E-state index contributed by atoms with van der Waals surface area (Å²) in [4.78, 5) is 0.